The number of aromatic nitrogens is 6. The molecule has 0 unspecified atom stereocenters. The number of aliphatic hydroxyl groups is 3. The fraction of sp³-hybridized carbons (Fsp3) is 0.229. The van der Waals surface area contributed by atoms with Crippen LogP contribution in [0.1, 0.15) is 126 Å². The van der Waals surface area contributed by atoms with E-state index in [-0.39, 0.29) is 94.9 Å². The smallest absolute Gasteiger partial charge is 0.159 e. The molecule has 122 heavy (non-hydrogen) atoms. The standard InChI is InChI=1S/C26H26NO2.C24H30NO2.C22H26NO4.3C11H8N.3Ir/c1-20(28)18-25(29)9-5-6-21-10-12-22(13-11-21)14-15-23-16-17-27-26(19-23)24-7-3-2-4-8-24;1-20(26)18-23(27)15-11-6-4-2-3-5-8-12-21-16-17-25-24(19-21)22-13-9-7-10-14-22;1-18(24)16-21(25)8-5-12-26-14-15-27-13-10-19-9-11-23-22(17-19)20-6-3-2-4-7-20;3*1-2-6-10(7-3-1)11-8-4-5-9-12-11;;;/h2-4,7,10-13,16-19,28H,5-6,9,14-15H2,1H3;7,9-10,13,16-19,26H,2-6,8,11-12,15H2,1H3;2-4,6,9,11,16-17,24H,5,8,10,12-15H2,1H3;3*1-6,8-9H;;;/q6*-1;;;. The van der Waals surface area contributed by atoms with Crippen LogP contribution >= 0.6 is 0 Å². The average molecular weight is 2160 g/mol. The summed E-state index contributed by atoms with van der Waals surface area (Å²) in [5.74, 6) is 0.134. The average Bonchev–Trinajstić information content (AvgIpc) is 0.883. The van der Waals surface area contributed by atoms with Gasteiger partial charge >= 0.3 is 0 Å². The predicted octanol–water partition coefficient (Wildman–Crippen LogP) is 23.5. The van der Waals surface area contributed by atoms with Crippen molar-refractivity contribution in [2.24, 2.45) is 0 Å². The number of ether oxygens (including phenoxy) is 2. The molecule has 6 aromatic heterocycles. The van der Waals surface area contributed by atoms with Crippen LogP contribution in [-0.4, -0.2) is 89.0 Å². The van der Waals surface area contributed by atoms with Gasteiger partial charge in [0.25, 0.3) is 0 Å². The summed E-state index contributed by atoms with van der Waals surface area (Å²) in [6, 6.07) is 105. The second kappa shape index (κ2) is 62.1. The number of aryl methyl sites for hydroxylation is 4. The molecule has 0 atom stereocenters. The number of hydrogen-bond acceptors (Lipinski definition) is 14. The minimum absolute atomic E-state index is 0. The minimum Gasteiger partial charge on any atom is -0.512 e. The zero-order valence-corrected chi connectivity index (χ0v) is 76.6. The Balaban J connectivity index is 0.000000268. The number of nitrogens with zero attached hydrogens (tertiary/aromatic N) is 6. The quantitative estimate of drug-likeness (QED) is 0.0145. The van der Waals surface area contributed by atoms with Gasteiger partial charge in [-0.25, -0.2) is 0 Å². The number of ketones is 3. The van der Waals surface area contributed by atoms with E-state index in [9.17, 15) is 14.4 Å². The number of aliphatic hydroxyl groups excluding tert-OH is 3. The van der Waals surface area contributed by atoms with E-state index in [2.05, 4.69) is 121 Å². The largest absolute Gasteiger partial charge is 0.512 e. The second-order valence-electron chi connectivity index (χ2n) is 27.9. The molecule has 0 bridgehead atoms. The van der Waals surface area contributed by atoms with Crippen molar-refractivity contribution in [3.05, 3.63) is 398 Å². The molecule has 7 aromatic carbocycles. The molecule has 0 amide bonds. The Labute approximate surface area is 762 Å². The number of allylic oxidation sites excluding steroid dienone is 6. The predicted molar refractivity (Wildman–Crippen MR) is 477 cm³/mol. The van der Waals surface area contributed by atoms with E-state index in [1.54, 1.807) is 18.6 Å². The number of carbonyl (C=O) groups is 3. The normalized spacial score (nSPS) is 10.7. The maximum Gasteiger partial charge on any atom is 0.159 e. The number of benzene rings is 7. The molecule has 0 aliphatic carbocycles. The van der Waals surface area contributed by atoms with Gasteiger partial charge in [0.2, 0.25) is 0 Å². The van der Waals surface area contributed by atoms with Crippen LogP contribution < -0.4 is 0 Å². The monoisotopic (exact) mass is 2160 g/mol. The van der Waals surface area contributed by atoms with Crippen LogP contribution in [0.3, 0.4) is 0 Å². The Hall–Kier alpha value is -11.1. The molecule has 0 fully saturated rings. The molecule has 13 rings (SSSR count). The Morgan fingerprint density at radius 1 is 0.270 bits per heavy atom. The van der Waals surface area contributed by atoms with Crippen molar-refractivity contribution < 1.29 is 99.5 Å². The van der Waals surface area contributed by atoms with E-state index in [4.69, 9.17) is 24.8 Å². The first kappa shape index (κ1) is 101. The van der Waals surface area contributed by atoms with Crippen molar-refractivity contribution in [3.63, 3.8) is 0 Å². The first-order valence-corrected chi connectivity index (χ1v) is 40.6. The van der Waals surface area contributed by atoms with Crippen molar-refractivity contribution in [1.29, 1.82) is 0 Å². The maximum absolute atomic E-state index is 11.6. The van der Waals surface area contributed by atoms with Crippen molar-refractivity contribution in [2.75, 3.05) is 26.4 Å². The maximum atomic E-state index is 11.6. The fourth-order valence-electron chi connectivity index (χ4n) is 12.1. The van der Waals surface area contributed by atoms with Crippen LogP contribution in [0.4, 0.5) is 0 Å². The third-order valence-corrected chi connectivity index (χ3v) is 18.1. The summed E-state index contributed by atoms with van der Waals surface area (Å²) in [7, 11) is 0. The zero-order chi connectivity index (χ0) is 83.8. The van der Waals surface area contributed by atoms with E-state index in [1.165, 1.54) is 98.9 Å². The van der Waals surface area contributed by atoms with Crippen molar-refractivity contribution in [1.82, 2.24) is 29.9 Å². The number of hydrogen-bond donors (Lipinski definition) is 3. The van der Waals surface area contributed by atoms with E-state index in [0.717, 1.165) is 119 Å². The van der Waals surface area contributed by atoms with Gasteiger partial charge in [-0.2, -0.15) is 0 Å². The molecule has 0 saturated carbocycles. The van der Waals surface area contributed by atoms with Crippen molar-refractivity contribution in [2.45, 2.75) is 130 Å². The van der Waals surface area contributed by atoms with Gasteiger partial charge in [0.1, 0.15) is 0 Å². The van der Waals surface area contributed by atoms with Gasteiger partial charge in [-0.3, -0.25) is 14.4 Å². The van der Waals surface area contributed by atoms with Gasteiger partial charge < -0.3 is 54.7 Å². The summed E-state index contributed by atoms with van der Waals surface area (Å²) in [6.45, 7) is 6.68. The fourth-order valence-corrected chi connectivity index (χ4v) is 12.1. The molecule has 0 aliphatic heterocycles. The van der Waals surface area contributed by atoms with Gasteiger partial charge in [0, 0.05) is 142 Å². The van der Waals surface area contributed by atoms with Crippen molar-refractivity contribution in [3.8, 4) is 67.5 Å². The van der Waals surface area contributed by atoms with Gasteiger partial charge in [-0.15, -0.1) is 215 Å². The third-order valence-electron chi connectivity index (χ3n) is 18.1. The van der Waals surface area contributed by atoms with Gasteiger partial charge in [-0.1, -0.05) is 128 Å². The Morgan fingerprint density at radius 3 is 0.893 bits per heavy atom. The van der Waals surface area contributed by atoms with Crippen LogP contribution in [0.2, 0.25) is 0 Å². The molecule has 3 radical (unpaired) electrons. The van der Waals surface area contributed by atoms with Gasteiger partial charge in [-0.05, 0) is 160 Å². The van der Waals surface area contributed by atoms with Crippen molar-refractivity contribution >= 4 is 17.3 Å². The molecular weight excluding hydrogens is 2050 g/mol. The number of unbranched alkanes of at least 4 members (excludes halogenated alkanes) is 6. The molecule has 637 valence electrons. The SMILES string of the molecule is CC(O)=CC(=O)CCCCCCCCCc1ccnc(-c2[c-]cccc2)c1.CC(O)=CC(=O)CCCOCCOCCc1ccnc(-c2[c-]cccc2)c1.CC(O)=CC(=O)CCCc1ccc(CCc2ccnc(-c3[c-]cccc3)c2)cc1.[Ir].[Ir].[Ir].[c-]1ccccc1-c1ccccn1.[c-]1ccccc1-c1ccccn1.[c-]1ccccc1-c1ccccn1. The molecule has 6 heterocycles. The third kappa shape index (κ3) is 42.9. The Bertz CT molecular complexity index is 4640. The molecule has 0 saturated heterocycles. The summed E-state index contributed by atoms with van der Waals surface area (Å²) in [5, 5.41) is 27.1. The van der Waals surface area contributed by atoms with Crippen LogP contribution in [0.15, 0.2) is 334 Å². The number of carbonyl (C=O) groups excluding carboxylic acids is 3. The molecular formula is C105H106Ir3N6O8-6. The molecule has 3 N–H and O–H groups in total. The summed E-state index contributed by atoms with van der Waals surface area (Å²) in [4.78, 5) is 60.3. The topological polar surface area (TPSA) is 208 Å². The Morgan fingerprint density at radius 2 is 0.549 bits per heavy atom. The summed E-state index contributed by atoms with van der Waals surface area (Å²) >= 11 is 0. The van der Waals surface area contributed by atoms with E-state index < -0.39 is 0 Å². The first-order valence-electron chi connectivity index (χ1n) is 40.6. The minimum atomic E-state index is -0.0836. The van der Waals surface area contributed by atoms with E-state index >= 15 is 0 Å². The summed E-state index contributed by atoms with van der Waals surface area (Å²) in [6.07, 6.45) is 30.4. The van der Waals surface area contributed by atoms with Crippen LogP contribution in [0.25, 0.3) is 67.5 Å². The first-order chi connectivity index (χ1) is 58.3. The zero-order valence-electron chi connectivity index (χ0n) is 69.4. The van der Waals surface area contributed by atoms with E-state index in [1.807, 2.05) is 225 Å². The Kier molecular flexibility index (Phi) is 51.7. The second-order valence-corrected chi connectivity index (χ2v) is 27.9. The molecule has 17 heteroatoms. The number of pyridine rings is 6. The van der Waals surface area contributed by atoms with E-state index in [0.29, 0.717) is 52.1 Å². The molecule has 14 nitrogen and oxygen atoms in total. The molecule has 0 spiro atoms. The van der Waals surface area contributed by atoms with Crippen LogP contribution in [-0.2, 0) is 116 Å². The molecule has 13 aromatic rings. The summed E-state index contributed by atoms with van der Waals surface area (Å²) in [5.41, 5.74) is 18.2. The van der Waals surface area contributed by atoms with Crippen LogP contribution in [0.5, 0.6) is 0 Å². The number of rotatable bonds is 36. The summed E-state index contributed by atoms with van der Waals surface area (Å²) < 4.78 is 11.0. The van der Waals surface area contributed by atoms with Crippen LogP contribution in [0, 0.1) is 36.4 Å². The van der Waals surface area contributed by atoms with Gasteiger partial charge in [0.05, 0.1) is 37.1 Å². The molecule has 0 aliphatic rings. The van der Waals surface area contributed by atoms with Gasteiger partial charge in [0.15, 0.2) is 17.3 Å².